The smallest absolute Gasteiger partial charge is 0.305 e. The van der Waals surface area contributed by atoms with E-state index in [1.54, 1.807) is 0 Å². The summed E-state index contributed by atoms with van der Waals surface area (Å²) in [7, 11) is 0. The maximum atomic E-state index is 12.0. The van der Waals surface area contributed by atoms with Crippen LogP contribution in [0.5, 0.6) is 0 Å². The van der Waals surface area contributed by atoms with Gasteiger partial charge in [0, 0.05) is 32.4 Å². The molecule has 0 aromatic carbocycles. The van der Waals surface area contributed by atoms with Crippen molar-refractivity contribution in [2.45, 2.75) is 225 Å². The number of hydrogen-bond donors (Lipinski definition) is 1. The molecule has 1 rings (SSSR count). The molecule has 0 amide bonds. The van der Waals surface area contributed by atoms with E-state index in [2.05, 4.69) is 11.8 Å². The van der Waals surface area contributed by atoms with Gasteiger partial charge in [-0.25, -0.2) is 0 Å². The number of carbonyl (C=O) groups excluding carboxylic acids is 1. The fourth-order valence-electron chi connectivity index (χ4n) is 6.99. The number of carboxylic acid groups (broad SMARTS) is 1. The third kappa shape index (κ3) is 30.5. The number of aliphatic carboxylic acids is 1. The number of hydrogen-bond acceptors (Lipinski definition) is 5. The summed E-state index contributed by atoms with van der Waals surface area (Å²) in [4.78, 5) is 29.9. The van der Waals surface area contributed by atoms with Crippen LogP contribution in [-0.2, 0) is 14.3 Å². The van der Waals surface area contributed by atoms with Crippen LogP contribution in [0.4, 0.5) is 0 Å². The minimum atomic E-state index is -0.663. The number of nitrogens with zero attached hydrogens (tertiary/aromatic N) is 2. The van der Waals surface area contributed by atoms with Gasteiger partial charge in [0.1, 0.15) is 0 Å². The van der Waals surface area contributed by atoms with Gasteiger partial charge in [-0.15, -0.1) is 0 Å². The van der Waals surface area contributed by atoms with Crippen LogP contribution in [-0.4, -0.2) is 54.0 Å². The summed E-state index contributed by atoms with van der Waals surface area (Å²) in [6.45, 7) is 6.20. The van der Waals surface area contributed by atoms with E-state index >= 15 is 0 Å². The number of aliphatic imine (C=N–C) groups is 1. The number of unbranched alkanes of at least 4 members (excludes halogenated alkanes) is 28. The van der Waals surface area contributed by atoms with Crippen molar-refractivity contribution < 1.29 is 19.4 Å². The summed E-state index contributed by atoms with van der Waals surface area (Å²) >= 11 is 0. The number of esters is 1. The van der Waals surface area contributed by atoms with Gasteiger partial charge in [-0.1, -0.05) is 174 Å². The van der Waals surface area contributed by atoms with E-state index in [4.69, 9.17) is 14.8 Å². The quantitative estimate of drug-likeness (QED) is 0.0520. The zero-order valence-corrected chi connectivity index (χ0v) is 31.9. The van der Waals surface area contributed by atoms with Crippen LogP contribution in [0.25, 0.3) is 0 Å². The van der Waals surface area contributed by atoms with Crippen molar-refractivity contribution >= 4 is 17.8 Å². The molecule has 1 heterocycles. The van der Waals surface area contributed by atoms with Gasteiger partial charge in [0.2, 0.25) is 0 Å². The van der Waals surface area contributed by atoms with Gasteiger partial charge in [-0.2, -0.15) is 0 Å². The Morgan fingerprint density at radius 1 is 0.562 bits per heavy atom. The summed E-state index contributed by atoms with van der Waals surface area (Å²) in [6.07, 6.45) is 41.6. The van der Waals surface area contributed by atoms with Gasteiger partial charge in [-0.3, -0.25) is 14.6 Å². The fourth-order valence-corrected chi connectivity index (χ4v) is 6.99. The van der Waals surface area contributed by atoms with Crippen LogP contribution < -0.4 is 0 Å². The molecule has 0 fully saturated rings. The van der Waals surface area contributed by atoms with Gasteiger partial charge in [0.15, 0.2) is 0 Å². The van der Waals surface area contributed by atoms with Crippen molar-refractivity contribution in [1.29, 1.82) is 0 Å². The van der Waals surface area contributed by atoms with E-state index in [-0.39, 0.29) is 5.97 Å². The zero-order chi connectivity index (χ0) is 34.6. The lowest BCUT2D eigenvalue weighted by molar-refractivity contribution is -0.144. The third-order valence-electron chi connectivity index (χ3n) is 10.1. The molecule has 6 heteroatoms. The summed E-state index contributed by atoms with van der Waals surface area (Å²) in [5.41, 5.74) is 0. The zero-order valence-electron chi connectivity index (χ0n) is 31.9. The first-order valence-corrected chi connectivity index (χ1v) is 21.3. The van der Waals surface area contributed by atoms with Crippen molar-refractivity contribution in [2.75, 3.05) is 26.2 Å². The Balaban J connectivity index is 1.79. The van der Waals surface area contributed by atoms with Gasteiger partial charge in [0.25, 0.3) is 0 Å². The Morgan fingerprint density at radius 3 is 1.48 bits per heavy atom. The third-order valence-corrected chi connectivity index (χ3v) is 10.1. The fraction of sp³-hybridized carbons (Fsp3) is 0.929. The van der Waals surface area contributed by atoms with E-state index in [1.807, 2.05) is 0 Å². The van der Waals surface area contributed by atoms with Crippen molar-refractivity contribution in [3.8, 4) is 0 Å². The largest absolute Gasteiger partial charge is 0.481 e. The second-order valence-electron chi connectivity index (χ2n) is 14.8. The first-order chi connectivity index (χ1) is 23.6. The minimum Gasteiger partial charge on any atom is -0.481 e. The Bertz CT molecular complexity index is 756. The molecule has 48 heavy (non-hydrogen) atoms. The molecule has 0 aromatic heterocycles. The molecule has 0 aromatic rings. The molecular formula is C42H80N2O4. The van der Waals surface area contributed by atoms with Gasteiger partial charge >= 0.3 is 11.9 Å². The highest BCUT2D eigenvalue weighted by atomic mass is 16.5. The van der Waals surface area contributed by atoms with E-state index < -0.39 is 5.97 Å². The highest BCUT2D eigenvalue weighted by Crippen LogP contribution is 2.17. The average molecular weight is 677 g/mol. The van der Waals surface area contributed by atoms with E-state index in [1.165, 1.54) is 179 Å². The lowest BCUT2D eigenvalue weighted by atomic mass is 10.0. The summed E-state index contributed by atoms with van der Waals surface area (Å²) in [6, 6.07) is 0. The summed E-state index contributed by atoms with van der Waals surface area (Å²) < 4.78 is 5.44. The van der Waals surface area contributed by atoms with Crippen molar-refractivity contribution in [3.63, 3.8) is 0 Å². The average Bonchev–Trinajstić information content (AvgIpc) is 3.53. The molecule has 0 saturated carbocycles. The van der Waals surface area contributed by atoms with E-state index in [0.717, 1.165) is 51.6 Å². The van der Waals surface area contributed by atoms with Crippen LogP contribution in [0, 0.1) is 0 Å². The van der Waals surface area contributed by atoms with E-state index in [9.17, 15) is 9.59 Å². The highest BCUT2D eigenvalue weighted by Gasteiger charge is 2.15. The molecule has 0 bridgehead atoms. The number of ether oxygens (including phenoxy) is 1. The van der Waals surface area contributed by atoms with E-state index in [0.29, 0.717) is 19.4 Å². The minimum absolute atomic E-state index is 0.0114. The van der Waals surface area contributed by atoms with Gasteiger partial charge < -0.3 is 14.7 Å². The van der Waals surface area contributed by atoms with Gasteiger partial charge in [-0.05, 0) is 32.1 Å². The molecule has 0 spiro atoms. The van der Waals surface area contributed by atoms with Crippen LogP contribution in [0.1, 0.15) is 225 Å². The molecule has 1 aliphatic heterocycles. The summed E-state index contributed by atoms with van der Waals surface area (Å²) in [5.74, 6) is 0.721. The lowest BCUT2D eigenvalue weighted by Gasteiger charge is -2.20. The Morgan fingerprint density at radius 2 is 0.979 bits per heavy atom. The second kappa shape index (κ2) is 35.2. The second-order valence-corrected chi connectivity index (χ2v) is 14.8. The standard InChI is InChI=1S/C42H80N2O4/c1-2-3-4-5-6-7-17-22-27-32-39-48-42(47)35-30-25-20-15-9-8-12-16-21-26-31-37-44-38-36-43-40(44)33-28-23-18-13-10-11-14-19-24-29-34-41(45)46/h2-39H2,1H3,(H,45,46). The van der Waals surface area contributed by atoms with Crippen LogP contribution in [0.15, 0.2) is 4.99 Å². The van der Waals surface area contributed by atoms with Crippen LogP contribution >= 0.6 is 0 Å². The molecule has 0 atom stereocenters. The predicted octanol–water partition coefficient (Wildman–Crippen LogP) is 12.6. The topological polar surface area (TPSA) is 79.2 Å². The lowest BCUT2D eigenvalue weighted by Crippen LogP contribution is -2.28. The maximum absolute atomic E-state index is 12.0. The SMILES string of the molecule is CCCCCCCCCCCCOC(=O)CCCCCCCCCCCCCN1CCN=C1CCCCCCCCCCCCC(=O)O. The molecule has 1 aliphatic rings. The van der Waals surface area contributed by atoms with Crippen molar-refractivity contribution in [3.05, 3.63) is 0 Å². The molecule has 0 radical (unpaired) electrons. The van der Waals surface area contributed by atoms with Crippen molar-refractivity contribution in [2.24, 2.45) is 4.99 Å². The number of carbonyl (C=O) groups is 2. The molecule has 282 valence electrons. The highest BCUT2D eigenvalue weighted by molar-refractivity contribution is 5.83. The number of rotatable bonds is 38. The van der Waals surface area contributed by atoms with Crippen LogP contribution in [0.2, 0.25) is 0 Å². The molecule has 1 N–H and O–H groups in total. The first-order valence-electron chi connectivity index (χ1n) is 21.3. The molecule has 6 nitrogen and oxygen atoms in total. The monoisotopic (exact) mass is 677 g/mol. The normalized spacial score (nSPS) is 12.9. The molecular weight excluding hydrogens is 596 g/mol. The predicted molar refractivity (Wildman–Crippen MR) is 205 cm³/mol. The Kier molecular flexibility index (Phi) is 32.6. The Hall–Kier alpha value is -1.59. The molecule has 0 saturated heterocycles. The molecule has 0 unspecified atom stereocenters. The molecule has 0 aliphatic carbocycles. The van der Waals surface area contributed by atoms with Gasteiger partial charge in [0.05, 0.1) is 19.0 Å². The number of amidine groups is 1. The first kappa shape index (κ1) is 44.4. The maximum Gasteiger partial charge on any atom is 0.305 e. The van der Waals surface area contributed by atoms with Crippen LogP contribution in [0.3, 0.4) is 0 Å². The number of carboxylic acids is 1. The Labute approximate surface area is 298 Å². The van der Waals surface area contributed by atoms with Crippen molar-refractivity contribution in [1.82, 2.24) is 4.90 Å². The summed E-state index contributed by atoms with van der Waals surface area (Å²) in [5, 5.41) is 8.68.